The van der Waals surface area contributed by atoms with E-state index < -0.39 is 6.04 Å². The smallest absolute Gasteiger partial charge is 0.253 e. The summed E-state index contributed by atoms with van der Waals surface area (Å²) in [6.07, 6.45) is 0.867. The van der Waals surface area contributed by atoms with Gasteiger partial charge < -0.3 is 10.1 Å². The van der Waals surface area contributed by atoms with Crippen LogP contribution in [-0.4, -0.2) is 54.4 Å². The zero-order valence-electron chi connectivity index (χ0n) is 19.2. The van der Waals surface area contributed by atoms with Crippen molar-refractivity contribution in [2.24, 2.45) is 0 Å². The summed E-state index contributed by atoms with van der Waals surface area (Å²) in [5.74, 6) is 0.230. The van der Waals surface area contributed by atoms with E-state index in [0.717, 1.165) is 27.6 Å². The summed E-state index contributed by atoms with van der Waals surface area (Å²) in [6.45, 7) is 5.58. The zero-order valence-corrected chi connectivity index (χ0v) is 19.2. The average molecular weight is 463 g/mol. The van der Waals surface area contributed by atoms with Crippen molar-refractivity contribution < 1.29 is 9.50 Å². The van der Waals surface area contributed by atoms with Gasteiger partial charge in [0.2, 0.25) is 0 Å². The molecule has 8 nitrogen and oxygen atoms in total. The molecule has 4 aromatic rings. The Morgan fingerprint density at radius 2 is 1.88 bits per heavy atom. The number of piperidine rings is 1. The van der Waals surface area contributed by atoms with Gasteiger partial charge in [0.25, 0.3) is 5.56 Å². The van der Waals surface area contributed by atoms with E-state index in [1.54, 1.807) is 16.8 Å². The van der Waals surface area contributed by atoms with Gasteiger partial charge in [0.15, 0.2) is 5.82 Å². The monoisotopic (exact) mass is 462 g/mol. The van der Waals surface area contributed by atoms with E-state index in [0.29, 0.717) is 43.9 Å². The largest absolute Gasteiger partial charge is 0.393 e. The lowest BCUT2D eigenvalue weighted by Crippen LogP contribution is -2.41. The summed E-state index contributed by atoms with van der Waals surface area (Å²) < 4.78 is 15.0. The Morgan fingerprint density at radius 3 is 2.62 bits per heavy atom. The minimum absolute atomic E-state index is 0.188. The molecule has 1 aliphatic rings. The zero-order chi connectivity index (χ0) is 23.8. The molecule has 0 amide bonds. The third-order valence-corrected chi connectivity index (χ3v) is 6.53. The highest BCUT2D eigenvalue weighted by Crippen LogP contribution is 2.30. The molecule has 0 radical (unpaired) electrons. The molecule has 176 valence electrons. The van der Waals surface area contributed by atoms with Gasteiger partial charge in [-0.2, -0.15) is 0 Å². The van der Waals surface area contributed by atoms with Gasteiger partial charge in [-0.15, -0.1) is 5.10 Å². The van der Waals surface area contributed by atoms with Gasteiger partial charge in [-0.3, -0.25) is 9.69 Å². The highest BCUT2D eigenvalue weighted by Gasteiger charge is 2.33. The van der Waals surface area contributed by atoms with E-state index in [1.165, 1.54) is 12.1 Å². The second-order valence-corrected chi connectivity index (χ2v) is 9.09. The number of nitrogens with one attached hydrogen (secondary N) is 1. The first-order chi connectivity index (χ1) is 16.4. The molecular weight excluding hydrogens is 435 g/mol. The van der Waals surface area contributed by atoms with E-state index in [9.17, 15) is 14.3 Å². The number of aliphatic hydroxyl groups excluding tert-OH is 1. The normalized spacial score (nSPS) is 16.2. The van der Waals surface area contributed by atoms with Gasteiger partial charge in [-0.25, -0.2) is 9.07 Å². The number of halogens is 1. The van der Waals surface area contributed by atoms with E-state index in [4.69, 9.17) is 0 Å². The van der Waals surface area contributed by atoms with Crippen molar-refractivity contribution in [3.8, 4) is 0 Å². The number of H-pyrrole nitrogens is 1. The van der Waals surface area contributed by atoms with E-state index in [1.807, 2.05) is 26.0 Å². The number of fused-ring (bicyclic) bond motifs is 1. The van der Waals surface area contributed by atoms with Crippen LogP contribution in [-0.2, 0) is 6.54 Å². The summed E-state index contributed by atoms with van der Waals surface area (Å²) in [5.41, 5.74) is 4.16. The van der Waals surface area contributed by atoms with Gasteiger partial charge in [0.1, 0.15) is 11.9 Å². The summed E-state index contributed by atoms with van der Waals surface area (Å²) in [4.78, 5) is 18.6. The summed E-state index contributed by atoms with van der Waals surface area (Å²) >= 11 is 0. The Balaban J connectivity index is 1.62. The SMILES string of the molecule is Cc1cc(C)c2[nH]c(=O)c(C(c3nnnn3Cc3ccc(F)cc3)N3CCC(O)CC3)cc2c1. The predicted molar refractivity (Wildman–Crippen MR) is 126 cm³/mol. The number of nitrogens with zero attached hydrogens (tertiary/aromatic N) is 5. The number of likely N-dealkylation sites (tertiary alicyclic amines) is 1. The third-order valence-electron chi connectivity index (χ3n) is 6.53. The van der Waals surface area contributed by atoms with Crippen molar-refractivity contribution in [1.29, 1.82) is 0 Å². The predicted octanol–water partition coefficient (Wildman–Crippen LogP) is 2.86. The highest BCUT2D eigenvalue weighted by atomic mass is 19.1. The second kappa shape index (κ2) is 9.08. The lowest BCUT2D eigenvalue weighted by atomic mass is 9.98. The Morgan fingerprint density at radius 1 is 1.15 bits per heavy atom. The van der Waals surface area contributed by atoms with Crippen LogP contribution in [0.2, 0.25) is 0 Å². The van der Waals surface area contributed by atoms with E-state index in [-0.39, 0.29) is 17.5 Å². The number of aromatic nitrogens is 5. The van der Waals surface area contributed by atoms with Crippen molar-refractivity contribution in [1.82, 2.24) is 30.1 Å². The molecule has 34 heavy (non-hydrogen) atoms. The van der Waals surface area contributed by atoms with Gasteiger partial charge in [-0.1, -0.05) is 23.8 Å². The van der Waals surface area contributed by atoms with Crippen LogP contribution in [0.3, 0.4) is 0 Å². The van der Waals surface area contributed by atoms with E-state index in [2.05, 4.69) is 31.5 Å². The van der Waals surface area contributed by atoms with Crippen molar-refractivity contribution in [2.45, 2.75) is 45.4 Å². The fourth-order valence-electron chi connectivity index (χ4n) is 4.83. The molecule has 2 N–H and O–H groups in total. The molecule has 2 aromatic carbocycles. The summed E-state index contributed by atoms with van der Waals surface area (Å²) in [7, 11) is 0. The van der Waals surface area contributed by atoms with Crippen LogP contribution in [0.15, 0.2) is 47.3 Å². The van der Waals surface area contributed by atoms with E-state index >= 15 is 0 Å². The number of aryl methyl sites for hydroxylation is 2. The maximum Gasteiger partial charge on any atom is 0.253 e. The number of benzene rings is 2. The third kappa shape index (κ3) is 4.36. The number of aromatic amines is 1. The number of rotatable bonds is 5. The fraction of sp³-hybridized carbons (Fsp3) is 0.360. The number of aliphatic hydroxyl groups is 1. The molecule has 1 unspecified atom stereocenters. The molecule has 0 saturated carbocycles. The number of hydrogen-bond acceptors (Lipinski definition) is 6. The molecule has 2 aromatic heterocycles. The molecule has 1 atom stereocenters. The van der Waals surface area contributed by atoms with Gasteiger partial charge in [-0.05, 0) is 77.9 Å². The molecule has 3 heterocycles. The number of hydrogen-bond donors (Lipinski definition) is 2. The minimum atomic E-state index is -0.489. The van der Waals surface area contributed by atoms with Crippen LogP contribution in [0.25, 0.3) is 10.9 Å². The standard InChI is InChI=1S/C25H27FN6O2/c1-15-11-16(2)22-18(12-15)13-21(25(34)27-22)23(31-9-7-20(33)8-10-31)24-28-29-30-32(24)14-17-3-5-19(26)6-4-17/h3-6,11-13,20,23,33H,7-10,14H2,1-2H3,(H,27,34). The Hall–Kier alpha value is -3.43. The molecule has 9 heteroatoms. The van der Waals surface area contributed by atoms with Crippen molar-refractivity contribution >= 4 is 10.9 Å². The lowest BCUT2D eigenvalue weighted by Gasteiger charge is -2.35. The molecule has 1 fully saturated rings. The molecule has 1 aliphatic heterocycles. The first kappa shape index (κ1) is 22.4. The maximum absolute atomic E-state index is 13.4. The van der Waals surface area contributed by atoms with Crippen LogP contribution >= 0.6 is 0 Å². The lowest BCUT2D eigenvalue weighted by molar-refractivity contribution is 0.0659. The number of pyridine rings is 1. The molecule has 1 saturated heterocycles. The van der Waals surface area contributed by atoms with Crippen LogP contribution in [0.5, 0.6) is 0 Å². The first-order valence-electron chi connectivity index (χ1n) is 11.5. The maximum atomic E-state index is 13.4. The molecular formula is C25H27FN6O2. The molecule has 0 aliphatic carbocycles. The quantitative estimate of drug-likeness (QED) is 0.473. The van der Waals surface area contributed by atoms with Crippen molar-refractivity contribution in [3.05, 3.63) is 86.7 Å². The minimum Gasteiger partial charge on any atom is -0.393 e. The highest BCUT2D eigenvalue weighted by molar-refractivity contribution is 5.83. The Labute approximate surface area is 196 Å². The second-order valence-electron chi connectivity index (χ2n) is 9.09. The average Bonchev–Trinajstić information content (AvgIpc) is 3.25. The summed E-state index contributed by atoms with van der Waals surface area (Å²) in [6, 6.07) is 11.7. The Kier molecular flexibility index (Phi) is 5.97. The van der Waals surface area contributed by atoms with Gasteiger partial charge in [0, 0.05) is 18.7 Å². The number of tetrazole rings is 1. The van der Waals surface area contributed by atoms with Crippen LogP contribution in [0, 0.1) is 19.7 Å². The first-order valence-corrected chi connectivity index (χ1v) is 11.5. The fourth-order valence-corrected chi connectivity index (χ4v) is 4.83. The molecule has 0 spiro atoms. The topological polar surface area (TPSA) is 99.9 Å². The van der Waals surface area contributed by atoms with Gasteiger partial charge in [0.05, 0.1) is 18.2 Å². The van der Waals surface area contributed by atoms with Crippen molar-refractivity contribution in [3.63, 3.8) is 0 Å². The summed E-state index contributed by atoms with van der Waals surface area (Å²) in [5, 5.41) is 23.4. The molecule has 5 rings (SSSR count). The van der Waals surface area contributed by atoms with Crippen molar-refractivity contribution in [2.75, 3.05) is 13.1 Å². The van der Waals surface area contributed by atoms with Gasteiger partial charge >= 0.3 is 0 Å². The van der Waals surface area contributed by atoms with Crippen LogP contribution < -0.4 is 5.56 Å². The molecule has 0 bridgehead atoms. The Bertz CT molecular complexity index is 1370. The van der Waals surface area contributed by atoms with Crippen LogP contribution in [0.4, 0.5) is 4.39 Å². The van der Waals surface area contributed by atoms with Crippen LogP contribution in [0.1, 0.15) is 47.0 Å².